The summed E-state index contributed by atoms with van der Waals surface area (Å²) in [5.74, 6) is 0.407. The molecule has 90 valence electrons. The van der Waals surface area contributed by atoms with Gasteiger partial charge in [0.2, 0.25) is 5.89 Å². The second kappa shape index (κ2) is 5.47. The van der Waals surface area contributed by atoms with Gasteiger partial charge < -0.3 is 19.2 Å². The minimum absolute atomic E-state index is 0.0255. The molecule has 2 rings (SSSR count). The molecule has 6 nitrogen and oxygen atoms in total. The summed E-state index contributed by atoms with van der Waals surface area (Å²) in [6, 6.07) is 0.358. The van der Waals surface area contributed by atoms with Crippen LogP contribution in [0.15, 0.2) is 4.42 Å². The van der Waals surface area contributed by atoms with Gasteiger partial charge in [-0.1, -0.05) is 5.10 Å². The summed E-state index contributed by atoms with van der Waals surface area (Å²) in [6.07, 6.45) is 0.0255. The van der Waals surface area contributed by atoms with Gasteiger partial charge in [0.25, 0.3) is 0 Å². The van der Waals surface area contributed by atoms with Crippen molar-refractivity contribution in [3.8, 4) is 0 Å². The van der Waals surface area contributed by atoms with Gasteiger partial charge in [-0.25, -0.2) is 0 Å². The summed E-state index contributed by atoms with van der Waals surface area (Å²) >= 11 is 5.80. The number of nitrogens with one attached hydrogen (secondary N) is 1. The van der Waals surface area contributed by atoms with E-state index in [-0.39, 0.29) is 11.5 Å². The zero-order valence-corrected chi connectivity index (χ0v) is 9.74. The predicted octanol–water partition coefficient (Wildman–Crippen LogP) is 1.20. The fourth-order valence-corrected chi connectivity index (χ4v) is 1.41. The fraction of sp³-hybridized carbons (Fsp3) is 0.778. The molecule has 16 heavy (non-hydrogen) atoms. The van der Waals surface area contributed by atoms with Crippen LogP contribution in [0.1, 0.15) is 18.2 Å². The Morgan fingerprint density at radius 3 is 3.00 bits per heavy atom. The maximum atomic E-state index is 5.80. The molecule has 1 saturated heterocycles. The highest BCUT2D eigenvalue weighted by Gasteiger charge is 2.16. The highest BCUT2D eigenvalue weighted by atomic mass is 35.5. The third-order valence-corrected chi connectivity index (χ3v) is 2.33. The number of hydrogen-bond donors (Lipinski definition) is 1. The quantitative estimate of drug-likeness (QED) is 0.807. The Balaban J connectivity index is 1.79. The number of rotatable bonds is 4. The van der Waals surface area contributed by atoms with E-state index in [1.165, 1.54) is 0 Å². The van der Waals surface area contributed by atoms with Gasteiger partial charge in [0, 0.05) is 6.54 Å². The molecule has 1 aromatic heterocycles. The molecule has 0 bridgehead atoms. The summed E-state index contributed by atoms with van der Waals surface area (Å²) in [5, 5.41) is 10.3. The van der Waals surface area contributed by atoms with Gasteiger partial charge in [-0.15, -0.1) is 16.7 Å². The Morgan fingerprint density at radius 1 is 1.50 bits per heavy atom. The number of ether oxygens (including phenoxy) is 2. The topological polar surface area (TPSA) is 69.4 Å². The van der Waals surface area contributed by atoms with Crippen LogP contribution in [0.5, 0.6) is 0 Å². The van der Waals surface area contributed by atoms with Crippen molar-refractivity contribution >= 4 is 17.6 Å². The van der Waals surface area contributed by atoms with Crippen LogP contribution in [0.2, 0.25) is 0 Å². The van der Waals surface area contributed by atoms with Gasteiger partial charge in [0.15, 0.2) is 0 Å². The normalized spacial score (nSPS) is 23.0. The highest BCUT2D eigenvalue weighted by Crippen LogP contribution is 2.19. The van der Waals surface area contributed by atoms with Gasteiger partial charge in [0.1, 0.15) is 5.38 Å². The molecule has 0 aromatic carbocycles. The Morgan fingerprint density at radius 2 is 2.38 bits per heavy atom. The first-order valence-corrected chi connectivity index (χ1v) is 5.60. The van der Waals surface area contributed by atoms with Crippen LogP contribution < -0.4 is 5.32 Å². The fourth-order valence-electron chi connectivity index (χ4n) is 1.32. The molecule has 1 N–H and O–H groups in total. The van der Waals surface area contributed by atoms with Crippen molar-refractivity contribution in [1.82, 2.24) is 10.2 Å². The molecule has 0 aliphatic carbocycles. The summed E-state index contributed by atoms with van der Waals surface area (Å²) in [5.41, 5.74) is 0. The van der Waals surface area contributed by atoms with Crippen molar-refractivity contribution < 1.29 is 13.9 Å². The van der Waals surface area contributed by atoms with E-state index in [4.69, 9.17) is 25.5 Å². The van der Waals surface area contributed by atoms with E-state index in [1.54, 1.807) is 6.92 Å². The van der Waals surface area contributed by atoms with Crippen LogP contribution in [0, 0.1) is 0 Å². The van der Waals surface area contributed by atoms with Crippen molar-refractivity contribution in [2.45, 2.75) is 18.4 Å². The predicted molar refractivity (Wildman–Crippen MR) is 57.6 cm³/mol. The first-order chi connectivity index (χ1) is 7.75. The van der Waals surface area contributed by atoms with Crippen LogP contribution in [-0.2, 0) is 9.47 Å². The molecule has 0 amide bonds. The van der Waals surface area contributed by atoms with Crippen molar-refractivity contribution in [3.63, 3.8) is 0 Å². The number of nitrogens with zero attached hydrogens (tertiary/aromatic N) is 2. The lowest BCUT2D eigenvalue weighted by molar-refractivity contribution is -0.0820. The van der Waals surface area contributed by atoms with Crippen molar-refractivity contribution in [2.75, 3.05) is 31.7 Å². The standard InChI is InChI=1S/C9H14ClN3O3/c1-6(10)8-12-13-9(16-8)11-4-7-5-14-2-3-15-7/h6-7H,2-5H2,1H3,(H,11,13). The van der Waals surface area contributed by atoms with Crippen LogP contribution in [0.4, 0.5) is 6.01 Å². The molecular weight excluding hydrogens is 234 g/mol. The maximum absolute atomic E-state index is 5.80. The molecular formula is C9H14ClN3O3. The molecule has 0 radical (unpaired) electrons. The SMILES string of the molecule is CC(Cl)c1nnc(NCC2COCCO2)o1. The first kappa shape index (κ1) is 11.6. The summed E-state index contributed by atoms with van der Waals surface area (Å²) in [4.78, 5) is 0. The number of aromatic nitrogens is 2. The summed E-state index contributed by atoms with van der Waals surface area (Å²) in [7, 11) is 0. The lowest BCUT2D eigenvalue weighted by Crippen LogP contribution is -2.34. The zero-order chi connectivity index (χ0) is 11.4. The minimum atomic E-state index is -0.280. The Labute approximate surface area is 98.3 Å². The molecule has 2 heterocycles. The largest absolute Gasteiger partial charge is 0.407 e. The van der Waals surface area contributed by atoms with E-state index in [2.05, 4.69) is 15.5 Å². The van der Waals surface area contributed by atoms with E-state index in [9.17, 15) is 0 Å². The van der Waals surface area contributed by atoms with Crippen LogP contribution >= 0.6 is 11.6 Å². The molecule has 1 aliphatic rings. The number of anilines is 1. The molecule has 2 unspecified atom stereocenters. The van der Waals surface area contributed by atoms with E-state index in [1.807, 2.05) is 0 Å². The number of halogens is 1. The average molecular weight is 248 g/mol. The maximum Gasteiger partial charge on any atom is 0.315 e. The third kappa shape index (κ3) is 3.07. The lowest BCUT2D eigenvalue weighted by atomic mass is 10.3. The lowest BCUT2D eigenvalue weighted by Gasteiger charge is -2.22. The van der Waals surface area contributed by atoms with Gasteiger partial charge in [-0.3, -0.25) is 0 Å². The van der Waals surface area contributed by atoms with E-state index < -0.39 is 0 Å². The van der Waals surface area contributed by atoms with Crippen LogP contribution in [0.25, 0.3) is 0 Å². The molecule has 0 saturated carbocycles. The molecule has 2 atom stereocenters. The van der Waals surface area contributed by atoms with E-state index in [0.29, 0.717) is 38.3 Å². The smallest absolute Gasteiger partial charge is 0.315 e. The zero-order valence-electron chi connectivity index (χ0n) is 8.98. The molecule has 7 heteroatoms. The average Bonchev–Trinajstić information content (AvgIpc) is 2.76. The molecule has 1 fully saturated rings. The monoisotopic (exact) mass is 247 g/mol. The number of alkyl halides is 1. The molecule has 0 spiro atoms. The van der Waals surface area contributed by atoms with E-state index in [0.717, 1.165) is 0 Å². The van der Waals surface area contributed by atoms with Gasteiger partial charge in [0.05, 0.1) is 25.9 Å². The highest BCUT2D eigenvalue weighted by molar-refractivity contribution is 6.20. The minimum Gasteiger partial charge on any atom is -0.407 e. The van der Waals surface area contributed by atoms with Gasteiger partial charge in [-0.2, -0.15) is 0 Å². The summed E-state index contributed by atoms with van der Waals surface area (Å²) < 4.78 is 16.0. The van der Waals surface area contributed by atoms with Gasteiger partial charge in [-0.05, 0) is 6.92 Å². The second-order valence-electron chi connectivity index (χ2n) is 3.51. The first-order valence-electron chi connectivity index (χ1n) is 5.16. The van der Waals surface area contributed by atoms with Crippen molar-refractivity contribution in [3.05, 3.63) is 5.89 Å². The van der Waals surface area contributed by atoms with Gasteiger partial charge >= 0.3 is 6.01 Å². The van der Waals surface area contributed by atoms with Crippen LogP contribution in [0.3, 0.4) is 0 Å². The third-order valence-electron chi connectivity index (χ3n) is 2.15. The van der Waals surface area contributed by atoms with E-state index >= 15 is 0 Å². The Kier molecular flexibility index (Phi) is 3.98. The Hall–Kier alpha value is -0.850. The summed E-state index contributed by atoms with van der Waals surface area (Å²) in [6.45, 7) is 4.22. The molecule has 1 aromatic rings. The Bertz CT molecular complexity index is 326. The second-order valence-corrected chi connectivity index (χ2v) is 4.16. The van der Waals surface area contributed by atoms with Crippen molar-refractivity contribution in [1.29, 1.82) is 0 Å². The van der Waals surface area contributed by atoms with Crippen LogP contribution in [-0.4, -0.2) is 42.7 Å². The van der Waals surface area contributed by atoms with Crippen molar-refractivity contribution in [2.24, 2.45) is 0 Å². The molecule has 1 aliphatic heterocycles. The number of hydrogen-bond acceptors (Lipinski definition) is 6.